The van der Waals surface area contributed by atoms with Crippen molar-refractivity contribution in [1.29, 1.82) is 0 Å². The molecule has 0 aromatic carbocycles. The lowest BCUT2D eigenvalue weighted by Crippen LogP contribution is -2.47. The Labute approximate surface area is 168 Å². The molecule has 8 heteroatoms. The summed E-state index contributed by atoms with van der Waals surface area (Å²) in [7, 11) is 0. The number of amides is 2. The zero-order valence-corrected chi connectivity index (χ0v) is 16.6. The van der Waals surface area contributed by atoms with Crippen LogP contribution in [-0.4, -0.2) is 78.5 Å². The van der Waals surface area contributed by atoms with Crippen LogP contribution in [0.15, 0.2) is 18.3 Å². The molecule has 7 nitrogen and oxygen atoms in total. The van der Waals surface area contributed by atoms with Crippen molar-refractivity contribution < 1.29 is 9.59 Å². The molecule has 3 aliphatic rings. The molecule has 3 saturated heterocycles. The van der Waals surface area contributed by atoms with E-state index in [1.165, 1.54) is 24.3 Å². The lowest BCUT2D eigenvalue weighted by Gasteiger charge is -2.30. The number of pyridine rings is 1. The van der Waals surface area contributed by atoms with Gasteiger partial charge in [-0.2, -0.15) is 0 Å². The average molecular weight is 400 g/mol. The number of thiophene rings is 1. The summed E-state index contributed by atoms with van der Waals surface area (Å²) >= 11 is 1.45. The average Bonchev–Trinajstić information content (AvgIpc) is 3.30. The predicted octanol–water partition coefficient (Wildman–Crippen LogP) is 1.17. The van der Waals surface area contributed by atoms with E-state index >= 15 is 0 Å². The Bertz CT molecular complexity index is 895. The van der Waals surface area contributed by atoms with Crippen molar-refractivity contribution in [1.82, 2.24) is 25.4 Å². The molecule has 2 amide bonds. The predicted molar refractivity (Wildman–Crippen MR) is 109 cm³/mol. The van der Waals surface area contributed by atoms with Crippen LogP contribution in [0.2, 0.25) is 0 Å². The number of carbonyl (C=O) groups is 2. The molecule has 0 radical (unpaired) electrons. The zero-order chi connectivity index (χ0) is 19.1. The Morgan fingerprint density at radius 1 is 1.18 bits per heavy atom. The molecule has 2 bridgehead atoms. The first-order valence-electron chi connectivity index (χ1n) is 10.1. The Balaban J connectivity index is 1.30. The summed E-state index contributed by atoms with van der Waals surface area (Å²) in [6.07, 6.45) is 4.02. The van der Waals surface area contributed by atoms with Gasteiger partial charge in [-0.15, -0.1) is 11.3 Å². The molecule has 0 saturated carbocycles. The Morgan fingerprint density at radius 3 is 2.86 bits per heavy atom. The minimum absolute atomic E-state index is 0.0698. The van der Waals surface area contributed by atoms with Crippen LogP contribution in [0.4, 0.5) is 0 Å². The third-order valence-corrected chi connectivity index (χ3v) is 7.14. The molecule has 3 unspecified atom stereocenters. The van der Waals surface area contributed by atoms with Crippen molar-refractivity contribution in [2.45, 2.75) is 18.9 Å². The van der Waals surface area contributed by atoms with E-state index in [2.05, 4.69) is 20.5 Å². The van der Waals surface area contributed by atoms with E-state index in [4.69, 9.17) is 0 Å². The van der Waals surface area contributed by atoms with Gasteiger partial charge in [0, 0.05) is 61.6 Å². The van der Waals surface area contributed by atoms with Gasteiger partial charge in [0.25, 0.3) is 11.8 Å². The van der Waals surface area contributed by atoms with Gasteiger partial charge in [-0.05, 0) is 37.4 Å². The highest BCUT2D eigenvalue weighted by molar-refractivity contribution is 7.20. The lowest BCUT2D eigenvalue weighted by atomic mass is 9.97. The number of hydrogen-bond donors (Lipinski definition) is 2. The van der Waals surface area contributed by atoms with Gasteiger partial charge in [0.2, 0.25) is 0 Å². The van der Waals surface area contributed by atoms with Gasteiger partial charge in [-0.1, -0.05) is 0 Å². The number of carbonyl (C=O) groups excluding carboxylic acids is 2. The van der Waals surface area contributed by atoms with E-state index in [0.29, 0.717) is 16.5 Å². The van der Waals surface area contributed by atoms with E-state index in [1.54, 1.807) is 6.20 Å². The molecule has 2 aromatic rings. The van der Waals surface area contributed by atoms with Crippen LogP contribution in [0.5, 0.6) is 0 Å². The van der Waals surface area contributed by atoms with E-state index in [1.807, 2.05) is 17.0 Å². The number of rotatable bonds is 3. The first-order chi connectivity index (χ1) is 13.7. The number of piperidine rings is 1. The number of nitrogens with one attached hydrogen (secondary N) is 2. The first kappa shape index (κ1) is 18.0. The fourth-order valence-corrected chi connectivity index (χ4v) is 5.65. The van der Waals surface area contributed by atoms with Crippen LogP contribution < -0.4 is 10.6 Å². The number of hydrogen-bond acceptors (Lipinski definition) is 6. The van der Waals surface area contributed by atoms with Crippen molar-refractivity contribution in [2.24, 2.45) is 5.92 Å². The summed E-state index contributed by atoms with van der Waals surface area (Å²) in [6, 6.07) is 3.92. The minimum atomic E-state index is -0.113. The smallest absolute Gasteiger partial charge is 0.270 e. The summed E-state index contributed by atoms with van der Waals surface area (Å²) in [4.78, 5) is 34.8. The highest BCUT2D eigenvalue weighted by Gasteiger charge is 2.33. The Hall–Kier alpha value is -2.03. The topological polar surface area (TPSA) is 77.6 Å². The molecule has 3 atom stereocenters. The van der Waals surface area contributed by atoms with Gasteiger partial charge >= 0.3 is 0 Å². The van der Waals surface area contributed by atoms with Crippen LogP contribution in [0, 0.1) is 5.92 Å². The molecule has 3 aliphatic heterocycles. The standard InChI is InChI=1S/C20H25N5O2S/c26-19(23-15-7-13-1-4-24(11-13)12-15)16-9-17-14(10-22-16)8-18(28-17)20(27)25-5-2-21-3-6-25/h8-10,13,15,21H,1-7,11-12H2,(H,23,26). The molecule has 3 fully saturated rings. The molecule has 0 aliphatic carbocycles. The maximum Gasteiger partial charge on any atom is 0.270 e. The van der Waals surface area contributed by atoms with E-state index in [0.717, 1.165) is 55.8 Å². The minimum Gasteiger partial charge on any atom is -0.347 e. The van der Waals surface area contributed by atoms with Gasteiger partial charge in [0.05, 0.1) is 4.88 Å². The maximum absolute atomic E-state index is 12.7. The fourth-order valence-electron chi connectivity index (χ4n) is 4.61. The molecular formula is C20H25N5O2S. The number of aromatic nitrogens is 1. The van der Waals surface area contributed by atoms with Gasteiger partial charge in [-0.25, -0.2) is 0 Å². The normalized spacial score (nSPS) is 27.1. The molecule has 148 valence electrons. The van der Waals surface area contributed by atoms with Crippen molar-refractivity contribution in [2.75, 3.05) is 45.8 Å². The molecule has 5 rings (SSSR count). The SMILES string of the molecule is O=C(NC1CC2CCN(C2)C1)c1cc2sc(C(=O)N3CCNCC3)cc2cn1. The second-order valence-electron chi connectivity index (χ2n) is 8.08. The molecule has 2 N–H and O–H groups in total. The van der Waals surface area contributed by atoms with Crippen LogP contribution in [-0.2, 0) is 0 Å². The van der Waals surface area contributed by atoms with Crippen LogP contribution in [0.25, 0.3) is 10.1 Å². The van der Waals surface area contributed by atoms with Gasteiger partial charge in [0.15, 0.2) is 0 Å². The summed E-state index contributed by atoms with van der Waals surface area (Å²) in [5, 5.41) is 7.34. The molecule has 2 aromatic heterocycles. The second kappa shape index (κ2) is 7.42. The monoisotopic (exact) mass is 399 g/mol. The number of fused-ring (bicyclic) bond motifs is 3. The van der Waals surface area contributed by atoms with E-state index in [9.17, 15) is 9.59 Å². The third-order valence-electron chi connectivity index (χ3n) is 6.05. The summed E-state index contributed by atoms with van der Waals surface area (Å²) < 4.78 is 0.936. The van der Waals surface area contributed by atoms with Crippen LogP contribution in [0.3, 0.4) is 0 Å². The number of piperazine rings is 1. The summed E-state index contributed by atoms with van der Waals surface area (Å²) in [5.74, 6) is 0.670. The largest absolute Gasteiger partial charge is 0.347 e. The van der Waals surface area contributed by atoms with Crippen LogP contribution in [0.1, 0.15) is 33.0 Å². The van der Waals surface area contributed by atoms with E-state index < -0.39 is 0 Å². The Kier molecular flexibility index (Phi) is 4.78. The highest BCUT2D eigenvalue weighted by atomic mass is 32.1. The van der Waals surface area contributed by atoms with E-state index in [-0.39, 0.29) is 17.9 Å². The van der Waals surface area contributed by atoms with Gasteiger partial charge in [0.1, 0.15) is 5.69 Å². The summed E-state index contributed by atoms with van der Waals surface area (Å²) in [5.41, 5.74) is 0.434. The molecule has 28 heavy (non-hydrogen) atoms. The van der Waals surface area contributed by atoms with Crippen molar-refractivity contribution in [3.8, 4) is 0 Å². The fraction of sp³-hybridized carbons (Fsp3) is 0.550. The first-order valence-corrected chi connectivity index (χ1v) is 10.9. The maximum atomic E-state index is 12.7. The highest BCUT2D eigenvalue weighted by Crippen LogP contribution is 2.28. The lowest BCUT2D eigenvalue weighted by molar-refractivity contribution is 0.0740. The summed E-state index contributed by atoms with van der Waals surface area (Å²) in [6.45, 7) is 6.41. The van der Waals surface area contributed by atoms with Gasteiger partial charge in [-0.3, -0.25) is 14.6 Å². The van der Waals surface area contributed by atoms with Crippen molar-refractivity contribution >= 4 is 33.2 Å². The molecular weight excluding hydrogens is 374 g/mol. The third kappa shape index (κ3) is 3.52. The zero-order valence-electron chi connectivity index (χ0n) is 15.8. The molecule has 5 heterocycles. The van der Waals surface area contributed by atoms with Crippen molar-refractivity contribution in [3.63, 3.8) is 0 Å². The Morgan fingerprint density at radius 2 is 2.04 bits per heavy atom. The van der Waals surface area contributed by atoms with Gasteiger partial charge < -0.3 is 20.4 Å². The van der Waals surface area contributed by atoms with Crippen molar-refractivity contribution in [3.05, 3.63) is 28.9 Å². The second-order valence-corrected chi connectivity index (χ2v) is 9.16. The molecule has 0 spiro atoms. The van der Waals surface area contributed by atoms with Crippen LogP contribution >= 0.6 is 11.3 Å². The quantitative estimate of drug-likeness (QED) is 0.810. The number of nitrogens with zero attached hydrogens (tertiary/aromatic N) is 3.